The second-order valence-electron chi connectivity index (χ2n) is 8.13. The second kappa shape index (κ2) is 7.48. The number of fused-ring (bicyclic) bond motifs is 2. The smallest absolute Gasteiger partial charge is 0.124 e. The number of methoxy groups -OCH3 is 1. The standard InChI is InChI=1S/C29H24O2/c1-18-4-12-25-21(16-18)8-14-24(20-6-10-23(31-3)11-7-20)28(25)29-26-13-5-19(2)17-22(26)9-15-27(29)30/h4-17,30H,1-3H3. The Balaban J connectivity index is 1.91. The van der Waals surface area contributed by atoms with Crippen LogP contribution in [0.25, 0.3) is 43.8 Å². The quantitative estimate of drug-likeness (QED) is 0.334. The predicted molar refractivity (Wildman–Crippen MR) is 130 cm³/mol. The Hall–Kier alpha value is -3.78. The lowest BCUT2D eigenvalue weighted by Crippen LogP contribution is -1.92. The zero-order chi connectivity index (χ0) is 21.5. The van der Waals surface area contributed by atoms with Crippen LogP contribution in [-0.4, -0.2) is 12.2 Å². The van der Waals surface area contributed by atoms with Gasteiger partial charge in [0.25, 0.3) is 0 Å². The van der Waals surface area contributed by atoms with E-state index in [4.69, 9.17) is 4.74 Å². The summed E-state index contributed by atoms with van der Waals surface area (Å²) in [5.41, 5.74) is 6.51. The van der Waals surface area contributed by atoms with Gasteiger partial charge in [-0.15, -0.1) is 0 Å². The molecule has 5 aromatic rings. The fraction of sp³-hybridized carbons (Fsp3) is 0.103. The van der Waals surface area contributed by atoms with E-state index in [2.05, 4.69) is 74.5 Å². The summed E-state index contributed by atoms with van der Waals surface area (Å²) in [6.45, 7) is 4.20. The summed E-state index contributed by atoms with van der Waals surface area (Å²) < 4.78 is 5.35. The first-order valence-corrected chi connectivity index (χ1v) is 10.5. The van der Waals surface area contributed by atoms with Gasteiger partial charge < -0.3 is 9.84 Å². The average molecular weight is 405 g/mol. The summed E-state index contributed by atoms with van der Waals surface area (Å²) in [4.78, 5) is 0. The van der Waals surface area contributed by atoms with E-state index in [0.717, 1.165) is 49.5 Å². The number of rotatable bonds is 3. The Morgan fingerprint density at radius 2 is 1.19 bits per heavy atom. The van der Waals surface area contributed by atoms with Gasteiger partial charge in [0.15, 0.2) is 0 Å². The number of aromatic hydroxyl groups is 1. The predicted octanol–water partition coefficient (Wildman–Crippen LogP) is 7.66. The summed E-state index contributed by atoms with van der Waals surface area (Å²) >= 11 is 0. The molecule has 2 nitrogen and oxygen atoms in total. The van der Waals surface area contributed by atoms with Gasteiger partial charge in [-0.3, -0.25) is 0 Å². The zero-order valence-corrected chi connectivity index (χ0v) is 17.9. The third kappa shape index (κ3) is 3.30. The Bertz CT molecular complexity index is 1430. The molecule has 0 bridgehead atoms. The molecule has 5 rings (SSSR count). The SMILES string of the molecule is COc1ccc(-c2ccc3cc(C)ccc3c2-c2c(O)ccc3cc(C)ccc23)cc1. The van der Waals surface area contributed by atoms with E-state index in [1.165, 1.54) is 11.1 Å². The molecule has 0 aliphatic heterocycles. The van der Waals surface area contributed by atoms with Crippen LogP contribution in [0.2, 0.25) is 0 Å². The summed E-state index contributed by atoms with van der Waals surface area (Å²) in [7, 11) is 1.68. The van der Waals surface area contributed by atoms with Gasteiger partial charge in [0.1, 0.15) is 11.5 Å². The van der Waals surface area contributed by atoms with Gasteiger partial charge in [-0.1, -0.05) is 77.9 Å². The maximum absolute atomic E-state index is 11.1. The number of benzene rings is 5. The Morgan fingerprint density at radius 1 is 0.613 bits per heavy atom. The summed E-state index contributed by atoms with van der Waals surface area (Å²) in [5, 5.41) is 15.5. The fourth-order valence-electron chi connectivity index (χ4n) is 4.43. The molecular formula is C29H24O2. The van der Waals surface area contributed by atoms with Gasteiger partial charge in [0, 0.05) is 11.1 Å². The Morgan fingerprint density at radius 3 is 1.81 bits per heavy atom. The maximum atomic E-state index is 11.1. The lowest BCUT2D eigenvalue weighted by molar-refractivity contribution is 0.415. The van der Waals surface area contributed by atoms with Crippen molar-refractivity contribution in [3.05, 3.63) is 96.1 Å². The molecule has 0 unspecified atom stereocenters. The second-order valence-corrected chi connectivity index (χ2v) is 8.13. The summed E-state index contributed by atoms with van der Waals surface area (Å²) in [5.74, 6) is 1.12. The third-order valence-electron chi connectivity index (χ3n) is 5.98. The molecule has 0 amide bonds. The van der Waals surface area contributed by atoms with Crippen LogP contribution in [-0.2, 0) is 0 Å². The molecule has 0 radical (unpaired) electrons. The van der Waals surface area contributed by atoms with Gasteiger partial charge in [0.2, 0.25) is 0 Å². The highest BCUT2D eigenvalue weighted by molar-refractivity contribution is 6.12. The summed E-state index contributed by atoms with van der Waals surface area (Å²) in [6.07, 6.45) is 0. The monoisotopic (exact) mass is 404 g/mol. The van der Waals surface area contributed by atoms with Crippen LogP contribution in [0.1, 0.15) is 11.1 Å². The lowest BCUT2D eigenvalue weighted by atomic mass is 9.86. The van der Waals surface area contributed by atoms with Gasteiger partial charge >= 0.3 is 0 Å². The van der Waals surface area contributed by atoms with E-state index >= 15 is 0 Å². The molecule has 152 valence electrons. The molecule has 0 aliphatic carbocycles. The molecule has 0 heterocycles. The van der Waals surface area contributed by atoms with Crippen molar-refractivity contribution < 1.29 is 9.84 Å². The fourth-order valence-corrected chi connectivity index (χ4v) is 4.43. The molecule has 0 aliphatic rings. The molecule has 0 fully saturated rings. The van der Waals surface area contributed by atoms with Crippen molar-refractivity contribution in [1.82, 2.24) is 0 Å². The highest BCUT2D eigenvalue weighted by Gasteiger charge is 2.18. The van der Waals surface area contributed by atoms with E-state index in [-0.39, 0.29) is 0 Å². The van der Waals surface area contributed by atoms with Crippen LogP contribution in [0.4, 0.5) is 0 Å². The number of aryl methyl sites for hydroxylation is 2. The molecule has 2 heteroatoms. The first-order valence-electron chi connectivity index (χ1n) is 10.5. The van der Waals surface area contributed by atoms with Crippen LogP contribution >= 0.6 is 0 Å². The molecule has 31 heavy (non-hydrogen) atoms. The van der Waals surface area contributed by atoms with Crippen LogP contribution in [0.5, 0.6) is 11.5 Å². The first-order chi connectivity index (χ1) is 15.0. The zero-order valence-electron chi connectivity index (χ0n) is 17.9. The largest absolute Gasteiger partial charge is 0.507 e. The van der Waals surface area contributed by atoms with E-state index in [1.807, 2.05) is 24.3 Å². The topological polar surface area (TPSA) is 29.5 Å². The number of hydrogen-bond donors (Lipinski definition) is 1. The van der Waals surface area contributed by atoms with Crippen molar-refractivity contribution in [2.75, 3.05) is 7.11 Å². The number of hydrogen-bond acceptors (Lipinski definition) is 2. The third-order valence-corrected chi connectivity index (χ3v) is 5.98. The minimum absolute atomic E-state index is 0.291. The van der Waals surface area contributed by atoms with Gasteiger partial charge in [-0.2, -0.15) is 0 Å². The molecule has 0 saturated heterocycles. The average Bonchev–Trinajstić information content (AvgIpc) is 2.78. The highest BCUT2D eigenvalue weighted by atomic mass is 16.5. The Kier molecular flexibility index (Phi) is 4.63. The Labute approximate surface area is 182 Å². The minimum Gasteiger partial charge on any atom is -0.507 e. The van der Waals surface area contributed by atoms with Crippen molar-refractivity contribution in [2.24, 2.45) is 0 Å². The molecular weight excluding hydrogens is 380 g/mol. The number of phenolic OH excluding ortho intramolecular Hbond substituents is 1. The van der Waals surface area contributed by atoms with Crippen LogP contribution in [0.15, 0.2) is 84.9 Å². The molecule has 0 aromatic heterocycles. The summed E-state index contributed by atoms with van der Waals surface area (Å²) in [6, 6.07) is 29.1. The maximum Gasteiger partial charge on any atom is 0.124 e. The van der Waals surface area contributed by atoms with E-state index in [9.17, 15) is 5.11 Å². The molecule has 0 spiro atoms. The molecule has 1 N–H and O–H groups in total. The van der Waals surface area contributed by atoms with Gasteiger partial charge in [-0.25, -0.2) is 0 Å². The lowest BCUT2D eigenvalue weighted by Gasteiger charge is -2.18. The molecule has 0 atom stereocenters. The first kappa shape index (κ1) is 19.2. The van der Waals surface area contributed by atoms with E-state index in [1.54, 1.807) is 7.11 Å². The van der Waals surface area contributed by atoms with Crippen molar-refractivity contribution in [2.45, 2.75) is 13.8 Å². The van der Waals surface area contributed by atoms with E-state index < -0.39 is 0 Å². The molecule has 5 aromatic carbocycles. The van der Waals surface area contributed by atoms with Crippen molar-refractivity contribution in [3.8, 4) is 33.8 Å². The number of ether oxygens (including phenoxy) is 1. The van der Waals surface area contributed by atoms with Crippen LogP contribution in [0.3, 0.4) is 0 Å². The normalized spacial score (nSPS) is 11.2. The van der Waals surface area contributed by atoms with Crippen molar-refractivity contribution in [1.29, 1.82) is 0 Å². The number of phenols is 1. The minimum atomic E-state index is 0.291. The van der Waals surface area contributed by atoms with Gasteiger partial charge in [-0.05, 0) is 64.7 Å². The van der Waals surface area contributed by atoms with Crippen LogP contribution in [0, 0.1) is 13.8 Å². The highest BCUT2D eigenvalue weighted by Crippen LogP contribution is 2.45. The van der Waals surface area contributed by atoms with E-state index in [0.29, 0.717) is 5.75 Å². The van der Waals surface area contributed by atoms with Crippen LogP contribution < -0.4 is 4.74 Å². The van der Waals surface area contributed by atoms with Crippen molar-refractivity contribution >= 4 is 21.5 Å². The molecule has 0 saturated carbocycles. The van der Waals surface area contributed by atoms with Crippen molar-refractivity contribution in [3.63, 3.8) is 0 Å². The van der Waals surface area contributed by atoms with Gasteiger partial charge in [0.05, 0.1) is 7.11 Å².